The number of nitrogens with one attached hydrogen (secondary N) is 1. The minimum atomic E-state index is 0. The minimum Gasteiger partial charge on any atom is -0.497 e. The molecule has 0 spiro atoms. The predicted molar refractivity (Wildman–Crippen MR) is 134 cm³/mol. The van der Waals surface area contributed by atoms with Crippen molar-refractivity contribution >= 4 is 29.9 Å². The van der Waals surface area contributed by atoms with Crippen LogP contribution in [0.4, 0.5) is 0 Å². The van der Waals surface area contributed by atoms with Gasteiger partial charge in [0.1, 0.15) is 5.75 Å². The summed E-state index contributed by atoms with van der Waals surface area (Å²) in [6.45, 7) is 8.28. The average Bonchev–Trinajstić information content (AvgIpc) is 3.36. The standard InChI is InChI=1S/C23H35N5O.HI/c1-5-24-23(25-12-10-18(2)21-6-8-22(29-4)9-7-21)28-13-11-19(17-28)14-20-15-26-27(3)16-20;/h6-9,15-16,18-19H,5,10-14,17H2,1-4H3,(H,24,25);1H. The molecule has 0 radical (unpaired) electrons. The summed E-state index contributed by atoms with van der Waals surface area (Å²) >= 11 is 0. The van der Waals surface area contributed by atoms with Crippen LogP contribution in [0.1, 0.15) is 43.7 Å². The number of hydrogen-bond donors (Lipinski definition) is 1. The number of rotatable bonds is 8. The zero-order valence-corrected chi connectivity index (χ0v) is 21.0. The van der Waals surface area contributed by atoms with E-state index in [-0.39, 0.29) is 24.0 Å². The molecule has 166 valence electrons. The number of methoxy groups -OCH3 is 1. The lowest BCUT2D eigenvalue weighted by atomic mass is 9.98. The van der Waals surface area contributed by atoms with Crippen LogP contribution in [0.2, 0.25) is 0 Å². The van der Waals surface area contributed by atoms with Crippen molar-refractivity contribution in [3.05, 3.63) is 47.8 Å². The Morgan fingerprint density at radius 3 is 2.73 bits per heavy atom. The molecule has 1 aliphatic heterocycles. The Morgan fingerprint density at radius 2 is 2.10 bits per heavy atom. The van der Waals surface area contributed by atoms with Crippen molar-refractivity contribution in [1.29, 1.82) is 0 Å². The van der Waals surface area contributed by atoms with Gasteiger partial charge in [-0.05, 0) is 61.3 Å². The molecule has 1 aliphatic rings. The van der Waals surface area contributed by atoms with E-state index in [1.807, 2.05) is 30.1 Å². The summed E-state index contributed by atoms with van der Waals surface area (Å²) in [5, 5.41) is 7.78. The number of ether oxygens (including phenoxy) is 1. The van der Waals surface area contributed by atoms with E-state index >= 15 is 0 Å². The lowest BCUT2D eigenvalue weighted by Gasteiger charge is -2.22. The molecule has 2 unspecified atom stereocenters. The van der Waals surface area contributed by atoms with Gasteiger partial charge in [-0.1, -0.05) is 19.1 Å². The van der Waals surface area contributed by atoms with Crippen LogP contribution < -0.4 is 10.1 Å². The Balaban J connectivity index is 0.00000320. The van der Waals surface area contributed by atoms with E-state index in [4.69, 9.17) is 9.73 Å². The maximum Gasteiger partial charge on any atom is 0.193 e. The van der Waals surface area contributed by atoms with Gasteiger partial charge in [0, 0.05) is 39.4 Å². The van der Waals surface area contributed by atoms with Crippen molar-refractivity contribution < 1.29 is 4.74 Å². The molecular formula is C23H36IN5O. The largest absolute Gasteiger partial charge is 0.497 e. The first-order chi connectivity index (χ1) is 14.1. The summed E-state index contributed by atoms with van der Waals surface area (Å²) in [4.78, 5) is 7.35. The van der Waals surface area contributed by atoms with Gasteiger partial charge in [0.15, 0.2) is 5.96 Å². The van der Waals surface area contributed by atoms with Gasteiger partial charge in [-0.15, -0.1) is 24.0 Å². The Morgan fingerprint density at radius 1 is 1.33 bits per heavy atom. The number of halogens is 1. The molecule has 0 saturated carbocycles. The maximum atomic E-state index is 5.25. The fourth-order valence-electron chi connectivity index (χ4n) is 3.99. The van der Waals surface area contributed by atoms with Crippen molar-refractivity contribution in [2.45, 2.75) is 39.0 Å². The van der Waals surface area contributed by atoms with Gasteiger partial charge in [-0.3, -0.25) is 9.67 Å². The van der Waals surface area contributed by atoms with E-state index in [9.17, 15) is 0 Å². The number of hydrogen-bond acceptors (Lipinski definition) is 3. The van der Waals surface area contributed by atoms with Crippen LogP contribution in [0.15, 0.2) is 41.7 Å². The molecule has 1 aromatic heterocycles. The molecule has 2 aromatic rings. The molecule has 7 heteroatoms. The number of nitrogens with zero attached hydrogens (tertiary/aromatic N) is 4. The first-order valence-corrected chi connectivity index (χ1v) is 10.7. The monoisotopic (exact) mass is 525 g/mol. The predicted octanol–water partition coefficient (Wildman–Crippen LogP) is 4.07. The first kappa shape index (κ1) is 24.5. The van der Waals surface area contributed by atoms with Gasteiger partial charge in [-0.2, -0.15) is 5.10 Å². The molecule has 6 nitrogen and oxygen atoms in total. The third kappa shape index (κ3) is 6.89. The highest BCUT2D eigenvalue weighted by molar-refractivity contribution is 14.0. The number of likely N-dealkylation sites (tertiary alicyclic amines) is 1. The average molecular weight is 525 g/mol. The summed E-state index contributed by atoms with van der Waals surface area (Å²) in [7, 11) is 3.68. The molecule has 0 amide bonds. The van der Waals surface area contributed by atoms with Crippen LogP contribution in [-0.4, -0.2) is 53.9 Å². The quantitative estimate of drug-likeness (QED) is 0.321. The van der Waals surface area contributed by atoms with E-state index in [1.54, 1.807) is 7.11 Å². The van der Waals surface area contributed by atoms with Gasteiger partial charge < -0.3 is 15.0 Å². The van der Waals surface area contributed by atoms with Gasteiger partial charge >= 0.3 is 0 Å². The first-order valence-electron chi connectivity index (χ1n) is 10.7. The second kappa shape index (κ2) is 12.2. The van der Waals surface area contributed by atoms with Crippen LogP contribution in [0.3, 0.4) is 0 Å². The molecule has 1 saturated heterocycles. The summed E-state index contributed by atoms with van der Waals surface area (Å²) in [6, 6.07) is 8.38. The highest BCUT2D eigenvalue weighted by atomic mass is 127. The maximum absolute atomic E-state index is 5.25. The lowest BCUT2D eigenvalue weighted by Crippen LogP contribution is -2.40. The second-order valence-corrected chi connectivity index (χ2v) is 8.03. The van der Waals surface area contributed by atoms with Crippen LogP contribution in [0.25, 0.3) is 0 Å². The van der Waals surface area contributed by atoms with Gasteiger partial charge in [0.25, 0.3) is 0 Å². The van der Waals surface area contributed by atoms with Crippen LogP contribution in [-0.2, 0) is 13.5 Å². The third-order valence-corrected chi connectivity index (χ3v) is 5.71. The molecule has 1 aromatic carbocycles. The number of aromatic nitrogens is 2. The molecular weight excluding hydrogens is 489 g/mol. The molecule has 0 bridgehead atoms. The minimum absolute atomic E-state index is 0. The SMILES string of the molecule is CCNC(=NCCC(C)c1ccc(OC)cc1)N1CCC(Cc2cnn(C)c2)C1.I. The summed E-state index contributed by atoms with van der Waals surface area (Å²) < 4.78 is 7.14. The van der Waals surface area contributed by atoms with Gasteiger partial charge in [-0.25, -0.2) is 0 Å². The number of aryl methyl sites for hydroxylation is 1. The van der Waals surface area contributed by atoms with E-state index in [1.165, 1.54) is 17.5 Å². The van der Waals surface area contributed by atoms with Crippen LogP contribution >= 0.6 is 24.0 Å². The Hall–Kier alpha value is -1.77. The summed E-state index contributed by atoms with van der Waals surface area (Å²) in [5.74, 6) is 3.11. The highest BCUT2D eigenvalue weighted by Crippen LogP contribution is 2.23. The van der Waals surface area contributed by atoms with E-state index in [2.05, 4.69) is 47.5 Å². The van der Waals surface area contributed by atoms with E-state index in [0.29, 0.717) is 11.8 Å². The molecule has 3 rings (SSSR count). The highest BCUT2D eigenvalue weighted by Gasteiger charge is 2.25. The number of guanidine groups is 1. The molecule has 1 N–H and O–H groups in total. The van der Waals surface area contributed by atoms with Crippen molar-refractivity contribution in [1.82, 2.24) is 20.0 Å². The fourth-order valence-corrected chi connectivity index (χ4v) is 3.99. The number of aliphatic imine (C=N–C) groups is 1. The lowest BCUT2D eigenvalue weighted by molar-refractivity contribution is 0.414. The Labute approximate surface area is 198 Å². The zero-order valence-electron chi connectivity index (χ0n) is 18.7. The van der Waals surface area contributed by atoms with E-state index in [0.717, 1.165) is 50.7 Å². The molecule has 1 fully saturated rings. The van der Waals surface area contributed by atoms with E-state index < -0.39 is 0 Å². The van der Waals surface area contributed by atoms with Crippen LogP contribution in [0, 0.1) is 5.92 Å². The molecule has 2 heterocycles. The van der Waals surface area contributed by atoms with Crippen molar-refractivity contribution in [2.24, 2.45) is 18.0 Å². The molecule has 0 aliphatic carbocycles. The second-order valence-electron chi connectivity index (χ2n) is 8.03. The van der Waals surface area contributed by atoms with Crippen molar-refractivity contribution in [3.8, 4) is 5.75 Å². The Bertz CT molecular complexity index is 789. The normalized spacial score (nSPS) is 17.5. The van der Waals surface area contributed by atoms with Gasteiger partial charge in [0.2, 0.25) is 0 Å². The van der Waals surface area contributed by atoms with Crippen LogP contribution in [0.5, 0.6) is 5.75 Å². The summed E-state index contributed by atoms with van der Waals surface area (Å²) in [6.07, 6.45) is 7.46. The Kier molecular flexibility index (Phi) is 9.94. The van der Waals surface area contributed by atoms with Gasteiger partial charge in [0.05, 0.1) is 13.3 Å². The number of benzene rings is 1. The van der Waals surface area contributed by atoms with Crippen molar-refractivity contribution in [2.75, 3.05) is 33.3 Å². The smallest absolute Gasteiger partial charge is 0.193 e. The zero-order chi connectivity index (χ0) is 20.6. The molecule has 2 atom stereocenters. The fraction of sp³-hybridized carbons (Fsp3) is 0.565. The topological polar surface area (TPSA) is 54.7 Å². The third-order valence-electron chi connectivity index (χ3n) is 5.71. The molecule has 30 heavy (non-hydrogen) atoms. The summed E-state index contributed by atoms with van der Waals surface area (Å²) in [5.41, 5.74) is 2.67. The van der Waals surface area contributed by atoms with Crippen molar-refractivity contribution in [3.63, 3.8) is 0 Å².